The number of aryl methyl sites for hydroxylation is 1. The Balaban J connectivity index is 1.35. The van der Waals surface area contributed by atoms with Gasteiger partial charge in [-0.2, -0.15) is 0 Å². The lowest BCUT2D eigenvalue weighted by molar-refractivity contribution is -0.126. The van der Waals surface area contributed by atoms with Crippen molar-refractivity contribution in [3.63, 3.8) is 0 Å². The van der Waals surface area contributed by atoms with Gasteiger partial charge in [0.2, 0.25) is 5.91 Å². The Morgan fingerprint density at radius 3 is 2.25 bits per heavy atom. The molecule has 146 valence electrons. The highest BCUT2D eigenvalue weighted by molar-refractivity contribution is 5.92. The van der Waals surface area contributed by atoms with Crippen LogP contribution in [0.3, 0.4) is 0 Å². The molecule has 0 bridgehead atoms. The average Bonchev–Trinajstić information content (AvgIpc) is 3.28. The quantitative estimate of drug-likeness (QED) is 0.767. The summed E-state index contributed by atoms with van der Waals surface area (Å²) in [6.45, 7) is 7.21. The van der Waals surface area contributed by atoms with E-state index in [-0.39, 0.29) is 5.91 Å². The lowest BCUT2D eigenvalue weighted by Crippen LogP contribution is -2.48. The van der Waals surface area contributed by atoms with Crippen molar-refractivity contribution in [2.75, 3.05) is 49.1 Å². The molecular formula is C22H27N5O. The van der Waals surface area contributed by atoms with Gasteiger partial charge in [-0.1, -0.05) is 24.3 Å². The van der Waals surface area contributed by atoms with Gasteiger partial charge in [0.1, 0.15) is 18.0 Å². The van der Waals surface area contributed by atoms with Crippen LogP contribution in [0.15, 0.2) is 42.7 Å². The van der Waals surface area contributed by atoms with Gasteiger partial charge in [-0.15, -0.1) is 0 Å². The topological polar surface area (TPSA) is 52.6 Å². The molecule has 4 rings (SSSR count). The molecule has 6 nitrogen and oxygen atoms in total. The maximum atomic E-state index is 12.5. The Bertz CT molecular complexity index is 852. The van der Waals surface area contributed by atoms with E-state index < -0.39 is 0 Å². The Hall–Kier alpha value is -2.89. The molecule has 2 aliphatic heterocycles. The minimum atomic E-state index is 0.0725. The summed E-state index contributed by atoms with van der Waals surface area (Å²) >= 11 is 0. The lowest BCUT2D eigenvalue weighted by Gasteiger charge is -2.35. The summed E-state index contributed by atoms with van der Waals surface area (Å²) in [6, 6.07) is 10.2. The van der Waals surface area contributed by atoms with E-state index in [9.17, 15) is 4.79 Å². The van der Waals surface area contributed by atoms with E-state index in [1.807, 2.05) is 29.2 Å². The number of piperazine rings is 1. The van der Waals surface area contributed by atoms with Crippen LogP contribution in [-0.2, 0) is 4.79 Å². The number of aromatic nitrogens is 2. The standard InChI is InChI=1S/C22H27N5O/c1-18-6-2-3-7-19(18)8-9-22(28)27-14-12-26(13-15-27)21-16-20(23-17-24-21)25-10-4-5-11-25/h2-3,6-9,16-17H,4-5,10-15H2,1H3/b9-8+. The monoisotopic (exact) mass is 377 g/mol. The fourth-order valence-electron chi connectivity index (χ4n) is 3.83. The first kappa shape index (κ1) is 18.5. The van der Waals surface area contributed by atoms with Crippen LogP contribution in [0.1, 0.15) is 24.0 Å². The molecule has 0 radical (unpaired) electrons. The molecule has 2 fully saturated rings. The van der Waals surface area contributed by atoms with Crippen LogP contribution in [-0.4, -0.2) is 60.0 Å². The van der Waals surface area contributed by atoms with Crippen molar-refractivity contribution in [2.45, 2.75) is 19.8 Å². The molecule has 2 aliphatic rings. The molecular weight excluding hydrogens is 350 g/mol. The van der Waals surface area contributed by atoms with E-state index in [1.54, 1.807) is 12.4 Å². The molecule has 2 saturated heterocycles. The maximum absolute atomic E-state index is 12.5. The average molecular weight is 377 g/mol. The number of hydrogen-bond acceptors (Lipinski definition) is 5. The summed E-state index contributed by atoms with van der Waals surface area (Å²) in [7, 11) is 0. The summed E-state index contributed by atoms with van der Waals surface area (Å²) < 4.78 is 0. The molecule has 0 N–H and O–H groups in total. The Morgan fingerprint density at radius 2 is 1.57 bits per heavy atom. The van der Waals surface area contributed by atoms with Gasteiger partial charge < -0.3 is 14.7 Å². The highest BCUT2D eigenvalue weighted by atomic mass is 16.2. The highest BCUT2D eigenvalue weighted by Gasteiger charge is 2.22. The van der Waals surface area contributed by atoms with Gasteiger partial charge in [-0.05, 0) is 37.0 Å². The summed E-state index contributed by atoms with van der Waals surface area (Å²) in [5, 5.41) is 0. The van der Waals surface area contributed by atoms with Gasteiger partial charge in [0.05, 0.1) is 0 Å². The molecule has 1 amide bonds. The molecule has 0 saturated carbocycles. The van der Waals surface area contributed by atoms with Crippen LogP contribution in [0.4, 0.5) is 11.6 Å². The number of amides is 1. The molecule has 3 heterocycles. The molecule has 0 unspecified atom stereocenters. The number of benzene rings is 1. The lowest BCUT2D eigenvalue weighted by atomic mass is 10.1. The SMILES string of the molecule is Cc1ccccc1/C=C/C(=O)N1CCN(c2cc(N3CCCC3)ncn2)CC1. The van der Waals surface area contributed by atoms with Crippen molar-refractivity contribution >= 4 is 23.6 Å². The van der Waals surface area contributed by atoms with E-state index in [2.05, 4.69) is 38.8 Å². The second-order valence-electron chi connectivity index (χ2n) is 7.43. The maximum Gasteiger partial charge on any atom is 0.246 e. The van der Waals surface area contributed by atoms with Crippen LogP contribution in [0, 0.1) is 6.92 Å². The number of anilines is 2. The number of nitrogens with zero attached hydrogens (tertiary/aromatic N) is 5. The highest BCUT2D eigenvalue weighted by Crippen LogP contribution is 2.22. The second-order valence-corrected chi connectivity index (χ2v) is 7.43. The fraction of sp³-hybridized carbons (Fsp3) is 0.409. The summed E-state index contributed by atoms with van der Waals surface area (Å²) in [5.74, 6) is 2.05. The smallest absolute Gasteiger partial charge is 0.246 e. The van der Waals surface area contributed by atoms with Crippen molar-refractivity contribution in [1.82, 2.24) is 14.9 Å². The largest absolute Gasteiger partial charge is 0.356 e. The van der Waals surface area contributed by atoms with Crippen molar-refractivity contribution in [2.24, 2.45) is 0 Å². The Labute approximate surface area is 166 Å². The van der Waals surface area contributed by atoms with E-state index in [0.29, 0.717) is 13.1 Å². The van der Waals surface area contributed by atoms with Crippen molar-refractivity contribution in [3.8, 4) is 0 Å². The normalized spacial score (nSPS) is 17.5. The molecule has 1 aromatic carbocycles. The van der Waals surface area contributed by atoms with Crippen LogP contribution in [0.2, 0.25) is 0 Å². The molecule has 6 heteroatoms. The first-order chi connectivity index (χ1) is 13.7. The zero-order valence-electron chi connectivity index (χ0n) is 16.4. The van der Waals surface area contributed by atoms with Crippen LogP contribution < -0.4 is 9.80 Å². The van der Waals surface area contributed by atoms with Gasteiger partial charge in [0.25, 0.3) is 0 Å². The molecule has 1 aromatic heterocycles. The molecule has 0 aliphatic carbocycles. The first-order valence-corrected chi connectivity index (χ1v) is 10.1. The van der Waals surface area contributed by atoms with Crippen LogP contribution >= 0.6 is 0 Å². The predicted octanol–water partition coefficient (Wildman–Crippen LogP) is 2.75. The van der Waals surface area contributed by atoms with Crippen molar-refractivity contribution < 1.29 is 4.79 Å². The van der Waals surface area contributed by atoms with E-state index in [4.69, 9.17) is 0 Å². The molecule has 0 spiro atoms. The van der Waals surface area contributed by atoms with Gasteiger partial charge in [-0.25, -0.2) is 9.97 Å². The minimum Gasteiger partial charge on any atom is -0.356 e. The van der Waals surface area contributed by atoms with Crippen LogP contribution in [0.5, 0.6) is 0 Å². The van der Waals surface area contributed by atoms with E-state index in [1.165, 1.54) is 18.4 Å². The summed E-state index contributed by atoms with van der Waals surface area (Å²) in [6.07, 6.45) is 7.72. The summed E-state index contributed by atoms with van der Waals surface area (Å²) in [5.41, 5.74) is 2.26. The number of hydrogen-bond donors (Lipinski definition) is 0. The summed E-state index contributed by atoms with van der Waals surface area (Å²) in [4.78, 5) is 27.9. The third kappa shape index (κ3) is 4.16. The Morgan fingerprint density at radius 1 is 0.929 bits per heavy atom. The van der Waals surface area contributed by atoms with Gasteiger partial charge >= 0.3 is 0 Å². The predicted molar refractivity (Wildman–Crippen MR) is 112 cm³/mol. The molecule has 0 atom stereocenters. The Kier molecular flexibility index (Phi) is 5.55. The third-order valence-corrected chi connectivity index (χ3v) is 5.58. The van der Waals surface area contributed by atoms with Gasteiger partial charge in [-0.3, -0.25) is 4.79 Å². The molecule has 28 heavy (non-hydrogen) atoms. The number of carbonyl (C=O) groups is 1. The van der Waals surface area contributed by atoms with Crippen molar-refractivity contribution in [3.05, 3.63) is 53.9 Å². The van der Waals surface area contributed by atoms with Crippen molar-refractivity contribution in [1.29, 1.82) is 0 Å². The third-order valence-electron chi connectivity index (χ3n) is 5.58. The fourth-order valence-corrected chi connectivity index (χ4v) is 3.83. The number of carbonyl (C=O) groups excluding carboxylic acids is 1. The molecule has 2 aromatic rings. The van der Waals surface area contributed by atoms with Crippen LogP contribution in [0.25, 0.3) is 6.08 Å². The zero-order valence-corrected chi connectivity index (χ0v) is 16.4. The van der Waals surface area contributed by atoms with Gasteiger partial charge in [0, 0.05) is 51.4 Å². The van der Waals surface area contributed by atoms with Gasteiger partial charge in [0.15, 0.2) is 0 Å². The van der Waals surface area contributed by atoms with E-state index in [0.717, 1.165) is 43.4 Å². The zero-order chi connectivity index (χ0) is 19.3. The van der Waals surface area contributed by atoms with E-state index >= 15 is 0 Å². The first-order valence-electron chi connectivity index (χ1n) is 10.1. The second kappa shape index (κ2) is 8.42. The minimum absolute atomic E-state index is 0.0725. The number of rotatable bonds is 4.